The number of carbonyl (C=O) groups excluding carboxylic acids is 2. The number of rotatable bonds is 9. The van der Waals surface area contributed by atoms with Gasteiger partial charge < -0.3 is 19.5 Å². The topological polar surface area (TPSA) is 79.3 Å². The van der Waals surface area contributed by atoms with Gasteiger partial charge in [0, 0.05) is 36.8 Å². The van der Waals surface area contributed by atoms with Gasteiger partial charge in [0.1, 0.15) is 18.1 Å². The molecule has 1 unspecified atom stereocenters. The highest BCUT2D eigenvalue weighted by atomic mass is 35.5. The van der Waals surface area contributed by atoms with E-state index in [1.807, 2.05) is 12.1 Å². The molecule has 1 atom stereocenters. The third-order valence-corrected chi connectivity index (χ3v) is 6.45. The molecule has 2 aliphatic heterocycles. The molecule has 7 nitrogen and oxygen atoms in total. The number of Topliss-reactive ketones (excluding diaryl/α,β-unsaturated/α-hetero) is 1. The van der Waals surface area contributed by atoms with E-state index in [4.69, 9.17) is 21.1 Å². The average Bonchev–Trinajstić information content (AvgIpc) is 3.13. The van der Waals surface area contributed by atoms with Crippen molar-refractivity contribution in [3.63, 3.8) is 0 Å². The predicted octanol–water partition coefficient (Wildman–Crippen LogP) is 4.05. The zero-order valence-corrected chi connectivity index (χ0v) is 20.2. The zero-order valence-electron chi connectivity index (χ0n) is 19.5. The molecular weight excluding hydrogens is 468 g/mol. The molecule has 8 heteroatoms. The number of aliphatic hydroxyl groups excluding tert-OH is 1. The van der Waals surface area contributed by atoms with Gasteiger partial charge in [-0.3, -0.25) is 14.5 Å². The molecule has 2 fully saturated rings. The number of morpholine rings is 1. The number of ketones is 1. The average molecular weight is 497 g/mol. The Labute approximate surface area is 210 Å². The molecule has 2 aromatic rings. The maximum absolute atomic E-state index is 13.2. The van der Waals surface area contributed by atoms with Gasteiger partial charge in [0.25, 0.3) is 11.7 Å². The third-order valence-electron chi connectivity index (χ3n) is 6.20. The Bertz CT molecular complexity index is 1090. The van der Waals surface area contributed by atoms with Crippen molar-refractivity contribution in [3.8, 4) is 5.75 Å². The molecule has 184 valence electrons. The van der Waals surface area contributed by atoms with Crippen LogP contribution in [0.25, 0.3) is 5.76 Å². The molecule has 1 N–H and O–H groups in total. The maximum atomic E-state index is 13.2. The van der Waals surface area contributed by atoms with Crippen LogP contribution in [-0.2, 0) is 14.3 Å². The molecule has 2 aromatic carbocycles. The lowest BCUT2D eigenvalue weighted by molar-refractivity contribution is -0.140. The quantitative estimate of drug-likeness (QED) is 0.244. The van der Waals surface area contributed by atoms with Crippen LogP contribution in [0.5, 0.6) is 5.75 Å². The van der Waals surface area contributed by atoms with Crippen LogP contribution in [0.15, 0.2) is 66.8 Å². The molecule has 0 radical (unpaired) electrons. The number of nitrogens with zero attached hydrogens (tertiary/aromatic N) is 2. The highest BCUT2D eigenvalue weighted by Gasteiger charge is 2.45. The monoisotopic (exact) mass is 496 g/mol. The first-order valence-corrected chi connectivity index (χ1v) is 12.1. The first kappa shape index (κ1) is 25.0. The molecule has 0 spiro atoms. The molecule has 1 amide bonds. The van der Waals surface area contributed by atoms with Crippen molar-refractivity contribution in [3.05, 3.63) is 82.9 Å². The first-order chi connectivity index (χ1) is 17.0. The summed E-state index contributed by atoms with van der Waals surface area (Å²) in [5.41, 5.74) is 1.22. The van der Waals surface area contributed by atoms with E-state index >= 15 is 0 Å². The number of carbonyl (C=O) groups is 2. The van der Waals surface area contributed by atoms with Crippen LogP contribution in [0, 0.1) is 0 Å². The van der Waals surface area contributed by atoms with Crippen molar-refractivity contribution < 1.29 is 24.2 Å². The van der Waals surface area contributed by atoms with Gasteiger partial charge in [0.05, 0.1) is 24.8 Å². The van der Waals surface area contributed by atoms with Crippen LogP contribution in [0.1, 0.15) is 23.6 Å². The normalized spacial score (nSPS) is 20.3. The summed E-state index contributed by atoms with van der Waals surface area (Å²) < 4.78 is 11.0. The summed E-state index contributed by atoms with van der Waals surface area (Å²) in [5.74, 6) is -0.872. The lowest BCUT2D eigenvalue weighted by atomic mass is 9.95. The number of ether oxygens (including phenoxy) is 2. The van der Waals surface area contributed by atoms with Gasteiger partial charge in [0.2, 0.25) is 0 Å². The Balaban J connectivity index is 1.65. The summed E-state index contributed by atoms with van der Waals surface area (Å²) in [5, 5.41) is 11.6. The Morgan fingerprint density at radius 2 is 1.77 bits per heavy atom. The van der Waals surface area contributed by atoms with Crippen molar-refractivity contribution in [2.45, 2.75) is 12.5 Å². The Morgan fingerprint density at radius 3 is 2.43 bits per heavy atom. The maximum Gasteiger partial charge on any atom is 0.295 e. The fourth-order valence-corrected chi connectivity index (χ4v) is 4.54. The summed E-state index contributed by atoms with van der Waals surface area (Å²) in [4.78, 5) is 30.1. The highest BCUT2D eigenvalue weighted by molar-refractivity contribution is 6.46. The SMILES string of the molecule is C=CCOc1ccc(C2/C(=C(/O)c3ccc(Cl)cc3)C(=O)C(=O)N2CCCN2CCOCC2)cc1. The van der Waals surface area contributed by atoms with Gasteiger partial charge in [-0.1, -0.05) is 36.4 Å². The number of likely N-dealkylation sites (tertiary alicyclic amines) is 1. The summed E-state index contributed by atoms with van der Waals surface area (Å²) in [7, 11) is 0. The van der Waals surface area contributed by atoms with Crippen molar-refractivity contribution in [1.29, 1.82) is 0 Å². The Hall–Kier alpha value is -3.13. The van der Waals surface area contributed by atoms with Gasteiger partial charge in [-0.05, 0) is 48.4 Å². The molecule has 2 heterocycles. The van der Waals surface area contributed by atoms with E-state index in [2.05, 4.69) is 11.5 Å². The number of hydrogen-bond acceptors (Lipinski definition) is 6. The fourth-order valence-electron chi connectivity index (χ4n) is 4.41. The summed E-state index contributed by atoms with van der Waals surface area (Å²) >= 11 is 5.99. The van der Waals surface area contributed by atoms with Crippen LogP contribution in [0.2, 0.25) is 5.02 Å². The molecule has 4 rings (SSSR count). The van der Waals surface area contributed by atoms with Crippen LogP contribution in [-0.4, -0.2) is 72.6 Å². The molecular formula is C27H29ClN2O5. The molecule has 2 aliphatic rings. The van der Waals surface area contributed by atoms with Gasteiger partial charge >= 0.3 is 0 Å². The van der Waals surface area contributed by atoms with Gasteiger partial charge in [0.15, 0.2) is 0 Å². The summed E-state index contributed by atoms with van der Waals surface area (Å²) in [6.45, 7) is 8.31. The minimum atomic E-state index is -0.705. The second-order valence-electron chi connectivity index (χ2n) is 8.48. The van der Waals surface area contributed by atoms with Crippen molar-refractivity contribution in [1.82, 2.24) is 9.80 Å². The first-order valence-electron chi connectivity index (χ1n) is 11.7. The second kappa shape index (κ2) is 11.5. The van der Waals surface area contributed by atoms with Crippen molar-refractivity contribution in [2.75, 3.05) is 46.0 Å². The largest absolute Gasteiger partial charge is 0.507 e. The number of hydrogen-bond donors (Lipinski definition) is 1. The lowest BCUT2D eigenvalue weighted by Gasteiger charge is -2.29. The minimum Gasteiger partial charge on any atom is -0.507 e. The van der Waals surface area contributed by atoms with E-state index in [0.29, 0.717) is 49.1 Å². The lowest BCUT2D eigenvalue weighted by Crippen LogP contribution is -2.38. The summed E-state index contributed by atoms with van der Waals surface area (Å²) in [6, 6.07) is 13.0. The van der Waals surface area contributed by atoms with E-state index < -0.39 is 17.7 Å². The van der Waals surface area contributed by atoms with Crippen LogP contribution in [0.4, 0.5) is 0 Å². The van der Waals surface area contributed by atoms with Crippen LogP contribution < -0.4 is 4.74 Å². The van der Waals surface area contributed by atoms with E-state index in [9.17, 15) is 14.7 Å². The van der Waals surface area contributed by atoms with Gasteiger partial charge in [-0.15, -0.1) is 0 Å². The number of aliphatic hydroxyl groups is 1. The number of amides is 1. The molecule has 0 saturated carbocycles. The molecule has 2 saturated heterocycles. The third kappa shape index (κ3) is 5.75. The van der Waals surface area contributed by atoms with E-state index in [0.717, 1.165) is 25.2 Å². The second-order valence-corrected chi connectivity index (χ2v) is 8.91. The van der Waals surface area contributed by atoms with Crippen molar-refractivity contribution >= 4 is 29.1 Å². The van der Waals surface area contributed by atoms with Gasteiger partial charge in [-0.25, -0.2) is 0 Å². The van der Waals surface area contributed by atoms with E-state index in [1.165, 1.54) is 0 Å². The Morgan fingerprint density at radius 1 is 1.09 bits per heavy atom. The smallest absolute Gasteiger partial charge is 0.295 e. The highest BCUT2D eigenvalue weighted by Crippen LogP contribution is 2.40. The fraction of sp³-hybridized carbons (Fsp3) is 0.333. The van der Waals surface area contributed by atoms with Crippen molar-refractivity contribution in [2.24, 2.45) is 0 Å². The summed E-state index contributed by atoms with van der Waals surface area (Å²) in [6.07, 6.45) is 2.36. The molecule has 35 heavy (non-hydrogen) atoms. The number of halogens is 1. The zero-order chi connectivity index (χ0) is 24.8. The van der Waals surface area contributed by atoms with Crippen LogP contribution >= 0.6 is 11.6 Å². The van der Waals surface area contributed by atoms with E-state index in [-0.39, 0.29) is 11.3 Å². The molecule has 0 bridgehead atoms. The van der Waals surface area contributed by atoms with E-state index in [1.54, 1.807) is 47.4 Å². The standard InChI is InChI=1S/C27H29ClN2O5/c1-2-16-35-22-10-6-19(7-11-22)24-23(25(31)20-4-8-21(28)9-5-20)26(32)27(33)30(24)13-3-12-29-14-17-34-18-15-29/h2,4-11,24,31H,1,3,12-18H2/b25-23-. The molecule has 0 aromatic heterocycles. The molecule has 0 aliphatic carbocycles. The van der Waals surface area contributed by atoms with Gasteiger partial charge in [-0.2, -0.15) is 0 Å². The Kier molecular flexibility index (Phi) is 8.23. The minimum absolute atomic E-state index is 0.0726. The number of benzene rings is 2. The van der Waals surface area contributed by atoms with Crippen LogP contribution in [0.3, 0.4) is 0 Å². The predicted molar refractivity (Wildman–Crippen MR) is 134 cm³/mol.